The van der Waals surface area contributed by atoms with Crippen molar-refractivity contribution in [1.82, 2.24) is 4.72 Å². The summed E-state index contributed by atoms with van der Waals surface area (Å²) in [5.41, 5.74) is 3.14. The first-order valence-electron chi connectivity index (χ1n) is 7.56. The van der Waals surface area contributed by atoms with Gasteiger partial charge in [-0.2, -0.15) is 4.72 Å². The zero-order valence-electron chi connectivity index (χ0n) is 14.0. The lowest BCUT2D eigenvalue weighted by Crippen LogP contribution is -2.31. The molecule has 0 spiro atoms. The smallest absolute Gasteiger partial charge is 0.321 e. The average molecular weight is 347 g/mol. The van der Waals surface area contributed by atoms with E-state index < -0.39 is 22.5 Å². The number of ether oxygens (including phenoxy) is 1. The molecule has 0 amide bonds. The second kappa shape index (κ2) is 7.59. The highest BCUT2D eigenvalue weighted by Crippen LogP contribution is 2.21. The van der Waals surface area contributed by atoms with Crippen molar-refractivity contribution >= 4 is 16.0 Å². The van der Waals surface area contributed by atoms with Crippen molar-refractivity contribution < 1.29 is 17.9 Å². The Morgan fingerprint density at radius 3 is 2.21 bits per heavy atom. The molecule has 0 fully saturated rings. The van der Waals surface area contributed by atoms with Crippen molar-refractivity contribution in [3.8, 4) is 0 Å². The van der Waals surface area contributed by atoms with Crippen LogP contribution in [0.15, 0.2) is 47.4 Å². The predicted molar refractivity (Wildman–Crippen MR) is 92.1 cm³/mol. The van der Waals surface area contributed by atoms with E-state index >= 15 is 0 Å². The monoisotopic (exact) mass is 347 g/mol. The highest BCUT2D eigenvalue weighted by molar-refractivity contribution is 7.89. The van der Waals surface area contributed by atoms with Crippen LogP contribution in [0.1, 0.15) is 22.3 Å². The first kappa shape index (κ1) is 18.2. The molecule has 0 aromatic heterocycles. The van der Waals surface area contributed by atoms with Crippen LogP contribution in [0.4, 0.5) is 0 Å². The van der Waals surface area contributed by atoms with E-state index in [4.69, 9.17) is 4.74 Å². The summed E-state index contributed by atoms with van der Waals surface area (Å²) in [5.74, 6) is -0.621. The maximum atomic E-state index is 12.4. The molecule has 0 atom stereocenters. The van der Waals surface area contributed by atoms with Gasteiger partial charge in [-0.1, -0.05) is 48.0 Å². The van der Waals surface area contributed by atoms with E-state index in [9.17, 15) is 13.2 Å². The van der Waals surface area contributed by atoms with Gasteiger partial charge in [0, 0.05) is 0 Å². The fourth-order valence-corrected chi connectivity index (χ4v) is 4.02. The number of hydrogen-bond acceptors (Lipinski definition) is 4. The van der Waals surface area contributed by atoms with Crippen LogP contribution in [0, 0.1) is 20.8 Å². The molecule has 2 aromatic rings. The number of benzene rings is 2. The minimum atomic E-state index is -3.77. The summed E-state index contributed by atoms with van der Waals surface area (Å²) in [6.45, 7) is 5.10. The summed E-state index contributed by atoms with van der Waals surface area (Å²) in [6, 6.07) is 12.8. The number of nitrogens with one attached hydrogen (secondary N) is 1. The van der Waals surface area contributed by atoms with E-state index in [-0.39, 0.29) is 11.5 Å². The van der Waals surface area contributed by atoms with Crippen LogP contribution >= 0.6 is 0 Å². The molecule has 0 heterocycles. The van der Waals surface area contributed by atoms with Gasteiger partial charge in [0.1, 0.15) is 13.2 Å². The van der Waals surface area contributed by atoms with Gasteiger partial charge < -0.3 is 4.74 Å². The Balaban J connectivity index is 1.99. The van der Waals surface area contributed by atoms with Gasteiger partial charge in [-0.25, -0.2) is 8.42 Å². The third kappa shape index (κ3) is 4.66. The third-order valence-electron chi connectivity index (χ3n) is 3.52. The number of aryl methyl sites for hydroxylation is 3. The zero-order chi connectivity index (χ0) is 17.7. The molecule has 24 heavy (non-hydrogen) atoms. The SMILES string of the molecule is Cc1cc(C)c(S(=O)(=O)NCC(=O)OCc2ccccc2)c(C)c1. The lowest BCUT2D eigenvalue weighted by Gasteiger charge is -2.13. The fraction of sp³-hybridized carbons (Fsp3) is 0.278. The van der Waals surface area contributed by atoms with Gasteiger partial charge in [-0.15, -0.1) is 0 Å². The van der Waals surface area contributed by atoms with Crippen molar-refractivity contribution in [3.63, 3.8) is 0 Å². The minimum absolute atomic E-state index is 0.115. The average Bonchev–Trinajstić information content (AvgIpc) is 2.50. The first-order chi connectivity index (χ1) is 11.3. The van der Waals surface area contributed by atoms with Gasteiger partial charge >= 0.3 is 5.97 Å². The highest BCUT2D eigenvalue weighted by Gasteiger charge is 2.21. The number of rotatable bonds is 6. The molecule has 2 rings (SSSR count). The summed E-state index contributed by atoms with van der Waals surface area (Å²) >= 11 is 0. The van der Waals surface area contributed by atoms with Crippen LogP contribution in [-0.4, -0.2) is 20.9 Å². The summed E-state index contributed by atoms with van der Waals surface area (Å²) in [4.78, 5) is 12.0. The van der Waals surface area contributed by atoms with E-state index in [1.54, 1.807) is 26.0 Å². The number of sulfonamides is 1. The van der Waals surface area contributed by atoms with Crippen molar-refractivity contribution in [2.45, 2.75) is 32.3 Å². The number of esters is 1. The molecular formula is C18H21NO4S. The largest absolute Gasteiger partial charge is 0.460 e. The highest BCUT2D eigenvalue weighted by atomic mass is 32.2. The predicted octanol–water partition coefficient (Wildman–Crippen LogP) is 2.63. The summed E-state index contributed by atoms with van der Waals surface area (Å²) in [5, 5.41) is 0. The van der Waals surface area contributed by atoms with E-state index in [1.807, 2.05) is 37.3 Å². The molecule has 5 nitrogen and oxygen atoms in total. The van der Waals surface area contributed by atoms with Gasteiger partial charge in [0.2, 0.25) is 10.0 Å². The van der Waals surface area contributed by atoms with Crippen LogP contribution in [0.25, 0.3) is 0 Å². The molecule has 128 valence electrons. The third-order valence-corrected chi connectivity index (χ3v) is 5.23. The Hall–Kier alpha value is -2.18. The summed E-state index contributed by atoms with van der Waals surface area (Å²) in [6.07, 6.45) is 0. The van der Waals surface area contributed by atoms with Crippen molar-refractivity contribution in [3.05, 3.63) is 64.7 Å². The van der Waals surface area contributed by atoms with E-state index in [0.717, 1.165) is 11.1 Å². The quantitative estimate of drug-likeness (QED) is 0.816. The van der Waals surface area contributed by atoms with Crippen molar-refractivity contribution in [1.29, 1.82) is 0 Å². The van der Waals surface area contributed by atoms with Crippen LogP contribution in [0.3, 0.4) is 0 Å². The molecule has 0 aliphatic rings. The van der Waals surface area contributed by atoms with Crippen LogP contribution in [0.5, 0.6) is 0 Å². The second-order valence-electron chi connectivity index (χ2n) is 5.70. The Morgan fingerprint density at radius 1 is 1.04 bits per heavy atom. The molecular weight excluding hydrogens is 326 g/mol. The molecule has 0 saturated heterocycles. The van der Waals surface area contributed by atoms with Gasteiger partial charge in [-0.05, 0) is 37.5 Å². The van der Waals surface area contributed by atoms with Gasteiger partial charge in [0.15, 0.2) is 0 Å². The van der Waals surface area contributed by atoms with Crippen LogP contribution in [0.2, 0.25) is 0 Å². The summed E-state index contributed by atoms with van der Waals surface area (Å²) in [7, 11) is -3.77. The Bertz CT molecular complexity index is 806. The number of carbonyl (C=O) groups is 1. The van der Waals surface area contributed by atoms with E-state index in [2.05, 4.69) is 4.72 Å². The maximum absolute atomic E-state index is 12.4. The summed E-state index contributed by atoms with van der Waals surface area (Å²) < 4.78 is 32.3. The molecule has 0 radical (unpaired) electrons. The van der Waals surface area contributed by atoms with Crippen molar-refractivity contribution in [2.75, 3.05) is 6.54 Å². The molecule has 0 saturated carbocycles. The number of carbonyl (C=O) groups excluding carboxylic acids is 1. The molecule has 0 aliphatic carbocycles. The molecule has 0 unspecified atom stereocenters. The topological polar surface area (TPSA) is 72.5 Å². The zero-order valence-corrected chi connectivity index (χ0v) is 14.8. The standard InChI is InChI=1S/C18H21NO4S/c1-13-9-14(2)18(15(3)10-13)24(21,22)19-11-17(20)23-12-16-7-5-4-6-8-16/h4-10,19H,11-12H2,1-3H3. The van der Waals surface area contributed by atoms with Gasteiger partial charge in [0.05, 0.1) is 4.90 Å². The molecule has 0 bridgehead atoms. The Kier molecular flexibility index (Phi) is 5.75. The maximum Gasteiger partial charge on any atom is 0.321 e. The first-order valence-corrected chi connectivity index (χ1v) is 9.05. The number of hydrogen-bond donors (Lipinski definition) is 1. The van der Waals surface area contributed by atoms with Gasteiger partial charge in [-0.3, -0.25) is 4.79 Å². The Morgan fingerprint density at radius 2 is 1.62 bits per heavy atom. The molecule has 2 aromatic carbocycles. The molecule has 6 heteroatoms. The van der Waals surface area contributed by atoms with E-state index in [1.165, 1.54) is 0 Å². The normalized spacial score (nSPS) is 11.3. The van der Waals surface area contributed by atoms with E-state index in [0.29, 0.717) is 11.1 Å². The molecule has 1 N–H and O–H groups in total. The second-order valence-corrected chi connectivity index (χ2v) is 7.40. The Labute approximate surface area is 142 Å². The minimum Gasteiger partial charge on any atom is -0.460 e. The van der Waals surface area contributed by atoms with Gasteiger partial charge in [0.25, 0.3) is 0 Å². The molecule has 0 aliphatic heterocycles. The van der Waals surface area contributed by atoms with Crippen LogP contribution in [-0.2, 0) is 26.2 Å². The fourth-order valence-electron chi connectivity index (χ4n) is 2.61. The van der Waals surface area contributed by atoms with Crippen LogP contribution < -0.4 is 4.72 Å². The lowest BCUT2D eigenvalue weighted by atomic mass is 10.1. The lowest BCUT2D eigenvalue weighted by molar-refractivity contribution is -0.143. The van der Waals surface area contributed by atoms with Crippen molar-refractivity contribution in [2.24, 2.45) is 0 Å².